The molecule has 0 aromatic rings. The molecule has 30 rings (SSSR count). The van der Waals surface area contributed by atoms with Gasteiger partial charge in [-0.25, -0.2) is 0 Å². The molecular formula is C45H68Cl6O30. The fourth-order valence-electron chi connectivity index (χ4n) is 10.9. The number of ether oxygens (including phenoxy) is 16. The average Bonchev–Trinajstić information content (AvgIpc) is 3.51. The van der Waals surface area contributed by atoms with Crippen LogP contribution in [0.15, 0.2) is 0 Å². The molecule has 30 nitrogen and oxygen atoms in total. The van der Waals surface area contributed by atoms with Crippen molar-refractivity contribution in [2.24, 2.45) is 0 Å². The van der Waals surface area contributed by atoms with Crippen LogP contribution in [0, 0.1) is 0 Å². The molecule has 470 valence electrons. The molecule has 36 heteroatoms. The summed E-state index contributed by atoms with van der Waals surface area (Å²) >= 11 is 37.9. The molecule has 0 aromatic carbocycles. The molecule has 16 bridgehead atoms. The van der Waals surface area contributed by atoms with Gasteiger partial charge in [0, 0.05) is 12.8 Å². The summed E-state index contributed by atoms with van der Waals surface area (Å²) in [6.07, 6.45) is -58.5. The third-order valence-electron chi connectivity index (χ3n) is 15.5. The van der Waals surface area contributed by atoms with Crippen LogP contribution in [0.25, 0.3) is 0 Å². The van der Waals surface area contributed by atoms with Gasteiger partial charge in [0.15, 0.2) is 55.9 Å². The van der Waals surface area contributed by atoms with Crippen molar-refractivity contribution < 1.29 is 147 Å². The molecule has 0 aliphatic carbocycles. The van der Waals surface area contributed by atoms with E-state index in [4.69, 9.17) is 145 Å². The molecular weight excluding hydrogens is 1230 g/mol. The van der Waals surface area contributed by atoms with Gasteiger partial charge in [-0.2, -0.15) is 0 Å². The molecule has 36 unspecified atom stereocenters. The maximum absolute atomic E-state index is 11.5. The van der Waals surface area contributed by atoms with Crippen molar-refractivity contribution in [1.82, 2.24) is 0 Å². The maximum atomic E-state index is 11.5. The van der Waals surface area contributed by atoms with E-state index in [1.165, 1.54) is 0 Å². The topological polar surface area (TPSA) is 431 Å². The molecule has 36 atom stereocenters. The first-order chi connectivity index (χ1) is 38.6. The molecule has 30 aliphatic heterocycles. The van der Waals surface area contributed by atoms with Crippen molar-refractivity contribution in [2.75, 3.05) is 42.6 Å². The summed E-state index contributed by atoms with van der Waals surface area (Å²) in [6.45, 7) is -1.14. The smallest absolute Gasteiger partial charge is 0.188 e. The van der Waals surface area contributed by atoms with E-state index in [-0.39, 0.29) is 17.6 Å². The van der Waals surface area contributed by atoms with Gasteiger partial charge in [0.05, 0.1) is 54.8 Å². The van der Waals surface area contributed by atoms with Crippen LogP contribution in [0.2, 0.25) is 0 Å². The number of alkyl halides is 6. The first-order valence-corrected chi connectivity index (χ1v) is 29.1. The molecule has 0 aromatic heterocycles. The highest BCUT2D eigenvalue weighted by atomic mass is 35.5. The Bertz CT molecular complexity index is 1970. The van der Waals surface area contributed by atoms with Gasteiger partial charge in [-0.3, -0.25) is 0 Å². The molecule has 14 N–H and O–H groups in total. The highest BCUT2D eigenvalue weighted by molar-refractivity contribution is 6.20. The molecule has 0 spiro atoms. The first-order valence-electron chi connectivity index (χ1n) is 26.0. The van der Waals surface area contributed by atoms with Gasteiger partial charge in [-0.1, -0.05) is 11.6 Å². The number of halogens is 6. The second kappa shape index (κ2) is 28.6. The summed E-state index contributed by atoms with van der Waals surface area (Å²) in [7, 11) is 0. The van der Waals surface area contributed by atoms with Gasteiger partial charge in [0.25, 0.3) is 0 Å². The Kier molecular flexibility index (Phi) is 23.3. The highest BCUT2D eigenvalue weighted by Crippen LogP contribution is 2.39. The SMILES string of the molecule is OC1CC2OC(CCl)C1OC1OC(Cl)C(OC3OCC(OC4OCC(OC5OC(CCl)C(OC6OC(CCl)C(OC7CC(O)C(OC8OC(CCl)C(O2)C(O)C8O)C(CCl)O7)C(O)C6O)C(O)C5O)C(O)C4O)C(O)C3O)C(O)C1O. The summed E-state index contributed by atoms with van der Waals surface area (Å²) < 4.78 is 93.6. The number of aliphatic hydroxyl groups excluding tert-OH is 14. The maximum Gasteiger partial charge on any atom is 0.188 e. The minimum atomic E-state index is -1.98. The Morgan fingerprint density at radius 3 is 0.951 bits per heavy atom. The van der Waals surface area contributed by atoms with E-state index in [1.807, 2.05) is 0 Å². The minimum absolute atomic E-state index is 0.370. The Morgan fingerprint density at radius 2 is 0.556 bits per heavy atom. The third kappa shape index (κ3) is 14.0. The first kappa shape index (κ1) is 66.0. The van der Waals surface area contributed by atoms with Gasteiger partial charge in [-0.15, -0.1) is 58.0 Å². The summed E-state index contributed by atoms with van der Waals surface area (Å²) in [6, 6.07) is 0. The lowest BCUT2D eigenvalue weighted by atomic mass is 9.96. The van der Waals surface area contributed by atoms with Crippen molar-refractivity contribution >= 4 is 69.6 Å². The lowest BCUT2D eigenvalue weighted by molar-refractivity contribution is -0.382. The molecule has 30 fully saturated rings. The lowest BCUT2D eigenvalue weighted by Crippen LogP contribution is -2.66. The van der Waals surface area contributed by atoms with Crippen molar-refractivity contribution in [3.05, 3.63) is 0 Å². The van der Waals surface area contributed by atoms with Crippen LogP contribution in [0.1, 0.15) is 12.8 Å². The summed E-state index contributed by atoms with van der Waals surface area (Å²) in [5.41, 5.74) is -1.66. The van der Waals surface area contributed by atoms with E-state index in [0.29, 0.717) is 0 Å². The van der Waals surface area contributed by atoms with E-state index >= 15 is 0 Å². The zero-order chi connectivity index (χ0) is 58.5. The molecule has 0 amide bonds. The fourth-order valence-corrected chi connectivity index (χ4v) is 12.5. The van der Waals surface area contributed by atoms with Gasteiger partial charge >= 0.3 is 0 Å². The largest absolute Gasteiger partial charge is 0.390 e. The van der Waals surface area contributed by atoms with Crippen LogP contribution in [0.3, 0.4) is 0 Å². The predicted molar refractivity (Wildman–Crippen MR) is 263 cm³/mol. The highest BCUT2D eigenvalue weighted by Gasteiger charge is 2.57. The number of aliphatic hydroxyl groups is 14. The Balaban J connectivity index is 0.924. The third-order valence-corrected chi connectivity index (χ3v) is 17.3. The average molecular weight is 1300 g/mol. The van der Waals surface area contributed by atoms with E-state index in [9.17, 15) is 71.5 Å². The zero-order valence-electron chi connectivity index (χ0n) is 42.2. The predicted octanol–water partition coefficient (Wildman–Crippen LogP) is -6.63. The minimum Gasteiger partial charge on any atom is -0.390 e. The number of hydrogen-bond acceptors (Lipinski definition) is 30. The van der Waals surface area contributed by atoms with E-state index < -0.39 is 259 Å². The van der Waals surface area contributed by atoms with Gasteiger partial charge in [-0.05, 0) is 0 Å². The summed E-state index contributed by atoms with van der Waals surface area (Å²) in [5, 5.41) is 158. The Hall–Kier alpha value is 0.540. The zero-order valence-corrected chi connectivity index (χ0v) is 46.7. The number of rotatable bonds is 5. The van der Waals surface area contributed by atoms with Crippen LogP contribution in [0.5, 0.6) is 0 Å². The van der Waals surface area contributed by atoms with Crippen LogP contribution in [0.4, 0.5) is 0 Å². The normalized spacial score (nSPS) is 55.4. The fraction of sp³-hybridized carbons (Fsp3) is 1.00. The lowest BCUT2D eigenvalue weighted by Gasteiger charge is -2.49. The van der Waals surface area contributed by atoms with E-state index in [2.05, 4.69) is 0 Å². The summed E-state index contributed by atoms with van der Waals surface area (Å²) in [4.78, 5) is 0. The monoisotopic (exact) mass is 1300 g/mol. The molecule has 30 aliphatic rings. The standard InChI is InChI=1S/C45H68Cl6O30/c46-3-12-33-10(52)1-19(68-12)76-36-15(6-49)72-44(31(64)24(36)57)79-37-16(7-50)70-42(29(62)25(37)58)74-18-9-66-40(27(60)22(18)55)73-17-8-67-41(28(61)21(17)54)80-38-26(59)32(65)45(81-39(38)51)78-34-11(53)2-20(69-13(34)4-47)75-35-14(5-48)71-43(77-33)30(63)23(35)56/h10-45,52-65H,1-9H2. The van der Waals surface area contributed by atoms with Gasteiger partial charge in [0.2, 0.25) is 0 Å². The Labute approximate surface area is 490 Å². The Morgan fingerprint density at radius 1 is 0.272 bits per heavy atom. The molecule has 30 heterocycles. The molecule has 0 radical (unpaired) electrons. The number of hydrogen-bond donors (Lipinski definition) is 14. The van der Waals surface area contributed by atoms with Crippen molar-refractivity contribution in [1.29, 1.82) is 0 Å². The van der Waals surface area contributed by atoms with Crippen LogP contribution < -0.4 is 0 Å². The summed E-state index contributed by atoms with van der Waals surface area (Å²) in [5.74, 6) is -1.98. The van der Waals surface area contributed by atoms with Crippen molar-refractivity contribution in [3.8, 4) is 0 Å². The van der Waals surface area contributed by atoms with Crippen molar-refractivity contribution in [3.63, 3.8) is 0 Å². The van der Waals surface area contributed by atoms with E-state index in [0.717, 1.165) is 0 Å². The van der Waals surface area contributed by atoms with Crippen LogP contribution >= 0.6 is 69.6 Å². The molecule has 0 saturated carbocycles. The van der Waals surface area contributed by atoms with Crippen LogP contribution in [-0.4, -0.2) is 335 Å². The quantitative estimate of drug-likeness (QED) is 0.114. The van der Waals surface area contributed by atoms with Crippen molar-refractivity contribution in [2.45, 2.75) is 234 Å². The van der Waals surface area contributed by atoms with Crippen LogP contribution in [-0.2, 0) is 75.8 Å². The second-order valence-corrected chi connectivity index (χ2v) is 22.8. The molecule has 81 heavy (non-hydrogen) atoms. The molecule has 30 saturated heterocycles. The second-order valence-electron chi connectivity index (χ2n) is 20.8. The van der Waals surface area contributed by atoms with Gasteiger partial charge in [0.1, 0.15) is 153 Å². The van der Waals surface area contributed by atoms with E-state index in [1.54, 1.807) is 0 Å². The van der Waals surface area contributed by atoms with Gasteiger partial charge < -0.3 is 147 Å².